The van der Waals surface area contributed by atoms with Crippen molar-refractivity contribution in [2.24, 2.45) is 0 Å². The fraction of sp³-hybridized carbons (Fsp3) is 0.538. The van der Waals surface area contributed by atoms with Gasteiger partial charge in [-0.25, -0.2) is 4.98 Å². The van der Waals surface area contributed by atoms with Crippen LogP contribution in [0.1, 0.15) is 42.5 Å². The molecule has 0 spiro atoms. The van der Waals surface area contributed by atoms with E-state index in [1.165, 1.54) is 26.4 Å². The number of hydrogen-bond donors (Lipinski definition) is 1. The van der Waals surface area contributed by atoms with E-state index >= 15 is 0 Å². The normalized spacial score (nSPS) is 16.3. The predicted molar refractivity (Wildman–Crippen MR) is 70.1 cm³/mol. The number of nitrogens with one attached hydrogen (secondary N) is 1. The van der Waals surface area contributed by atoms with E-state index in [4.69, 9.17) is 16.3 Å². The van der Waals surface area contributed by atoms with Gasteiger partial charge in [-0.2, -0.15) is 0 Å². The second-order valence-corrected chi connectivity index (χ2v) is 4.92. The maximum absolute atomic E-state index is 12.1. The Morgan fingerprint density at radius 2 is 2.11 bits per heavy atom. The van der Waals surface area contributed by atoms with Gasteiger partial charge in [0.25, 0.3) is 5.91 Å². The molecule has 18 heavy (non-hydrogen) atoms. The van der Waals surface area contributed by atoms with Gasteiger partial charge in [-0.05, 0) is 18.9 Å². The molecule has 1 aliphatic carbocycles. The third-order valence-corrected chi connectivity index (χ3v) is 3.38. The van der Waals surface area contributed by atoms with Crippen LogP contribution in [0.25, 0.3) is 0 Å². The molecule has 0 saturated heterocycles. The van der Waals surface area contributed by atoms with Crippen LogP contribution in [0.4, 0.5) is 0 Å². The van der Waals surface area contributed by atoms with Crippen LogP contribution < -0.4 is 10.1 Å². The molecule has 0 aromatic carbocycles. The van der Waals surface area contributed by atoms with Crippen LogP contribution in [0, 0.1) is 0 Å². The van der Waals surface area contributed by atoms with Crippen molar-refractivity contribution in [2.45, 2.75) is 38.1 Å². The number of nitrogens with zero attached hydrogens (tertiary/aromatic N) is 1. The summed E-state index contributed by atoms with van der Waals surface area (Å²) in [7, 11) is 1.50. The summed E-state index contributed by atoms with van der Waals surface area (Å²) in [6, 6.07) is 3.44. The quantitative estimate of drug-likeness (QED) is 0.858. The molecular weight excluding hydrogens is 252 g/mol. The van der Waals surface area contributed by atoms with E-state index in [1.54, 1.807) is 12.1 Å². The van der Waals surface area contributed by atoms with Crippen molar-refractivity contribution in [2.75, 3.05) is 7.11 Å². The molecule has 1 aromatic rings. The molecule has 98 valence electrons. The Morgan fingerprint density at radius 3 is 2.78 bits per heavy atom. The SMILES string of the molecule is COc1cc(C(=O)NC2CCCCC2)cc(Cl)n1. The van der Waals surface area contributed by atoms with Gasteiger partial charge < -0.3 is 10.1 Å². The lowest BCUT2D eigenvalue weighted by Gasteiger charge is -2.22. The average molecular weight is 269 g/mol. The first-order valence-corrected chi connectivity index (χ1v) is 6.59. The largest absolute Gasteiger partial charge is 0.481 e. The topological polar surface area (TPSA) is 51.2 Å². The Labute approximate surface area is 112 Å². The number of amides is 1. The molecule has 4 nitrogen and oxygen atoms in total. The van der Waals surface area contributed by atoms with Gasteiger partial charge in [0.15, 0.2) is 0 Å². The Morgan fingerprint density at radius 1 is 1.39 bits per heavy atom. The molecule has 5 heteroatoms. The highest BCUT2D eigenvalue weighted by atomic mass is 35.5. The lowest BCUT2D eigenvalue weighted by atomic mass is 9.95. The Kier molecular flexibility index (Phi) is 4.42. The van der Waals surface area contributed by atoms with E-state index in [1.807, 2.05) is 0 Å². The zero-order valence-corrected chi connectivity index (χ0v) is 11.2. The highest BCUT2D eigenvalue weighted by molar-refractivity contribution is 6.29. The van der Waals surface area contributed by atoms with Crippen LogP contribution in [0.5, 0.6) is 5.88 Å². The van der Waals surface area contributed by atoms with E-state index in [0.717, 1.165) is 12.8 Å². The van der Waals surface area contributed by atoms with E-state index in [9.17, 15) is 4.79 Å². The summed E-state index contributed by atoms with van der Waals surface area (Å²) < 4.78 is 5.00. The smallest absolute Gasteiger partial charge is 0.251 e. The van der Waals surface area contributed by atoms with Crippen molar-refractivity contribution >= 4 is 17.5 Å². The molecule has 1 saturated carbocycles. The zero-order chi connectivity index (χ0) is 13.0. The summed E-state index contributed by atoms with van der Waals surface area (Å²) in [5, 5.41) is 3.30. The molecule has 1 fully saturated rings. The second-order valence-electron chi connectivity index (χ2n) is 4.53. The van der Waals surface area contributed by atoms with Gasteiger partial charge in [0.2, 0.25) is 5.88 Å². The molecular formula is C13H17ClN2O2. The minimum atomic E-state index is -0.107. The van der Waals surface area contributed by atoms with Crippen LogP contribution in [-0.4, -0.2) is 24.0 Å². The molecule has 1 amide bonds. The molecule has 0 atom stereocenters. The summed E-state index contributed by atoms with van der Waals surface area (Å²) in [5.74, 6) is 0.251. The molecule has 0 radical (unpaired) electrons. The molecule has 1 aromatic heterocycles. The van der Waals surface area contributed by atoms with Gasteiger partial charge in [-0.3, -0.25) is 4.79 Å². The summed E-state index contributed by atoms with van der Waals surface area (Å²) >= 11 is 5.84. The standard InChI is InChI=1S/C13H17ClN2O2/c1-18-12-8-9(7-11(14)16-12)13(17)15-10-5-3-2-4-6-10/h7-8,10H,2-6H2,1H3,(H,15,17). The van der Waals surface area contributed by atoms with Crippen molar-refractivity contribution in [3.8, 4) is 5.88 Å². The summed E-state index contributed by atoms with van der Waals surface area (Å²) in [6.07, 6.45) is 5.75. The first-order chi connectivity index (χ1) is 8.69. The highest BCUT2D eigenvalue weighted by Gasteiger charge is 2.17. The fourth-order valence-corrected chi connectivity index (χ4v) is 2.42. The lowest BCUT2D eigenvalue weighted by molar-refractivity contribution is 0.0927. The molecule has 1 aliphatic rings. The Balaban J connectivity index is 2.05. The number of methoxy groups -OCH3 is 1. The van der Waals surface area contributed by atoms with Crippen molar-refractivity contribution in [1.29, 1.82) is 0 Å². The third kappa shape index (κ3) is 3.35. The zero-order valence-electron chi connectivity index (χ0n) is 10.4. The minimum absolute atomic E-state index is 0.107. The highest BCUT2D eigenvalue weighted by Crippen LogP contribution is 2.19. The van der Waals surface area contributed by atoms with E-state index in [-0.39, 0.29) is 17.1 Å². The van der Waals surface area contributed by atoms with Gasteiger partial charge in [-0.15, -0.1) is 0 Å². The number of aromatic nitrogens is 1. The summed E-state index contributed by atoms with van der Waals surface area (Å²) in [4.78, 5) is 16.0. The summed E-state index contributed by atoms with van der Waals surface area (Å²) in [6.45, 7) is 0. The lowest BCUT2D eigenvalue weighted by Crippen LogP contribution is -2.36. The number of ether oxygens (including phenoxy) is 1. The minimum Gasteiger partial charge on any atom is -0.481 e. The third-order valence-electron chi connectivity index (χ3n) is 3.18. The Hall–Kier alpha value is -1.29. The van der Waals surface area contributed by atoms with Gasteiger partial charge in [0.1, 0.15) is 5.15 Å². The van der Waals surface area contributed by atoms with Gasteiger partial charge in [0.05, 0.1) is 7.11 Å². The molecule has 0 aliphatic heterocycles. The molecule has 0 bridgehead atoms. The number of rotatable bonds is 3. The number of pyridine rings is 1. The van der Waals surface area contributed by atoms with Gasteiger partial charge in [0, 0.05) is 17.7 Å². The molecule has 0 unspecified atom stereocenters. The first-order valence-electron chi connectivity index (χ1n) is 6.21. The Bertz CT molecular complexity index is 431. The molecule has 1 heterocycles. The van der Waals surface area contributed by atoms with Crippen molar-refractivity contribution in [1.82, 2.24) is 10.3 Å². The molecule has 2 rings (SSSR count). The number of carbonyl (C=O) groups excluding carboxylic acids is 1. The predicted octanol–water partition coefficient (Wildman–Crippen LogP) is 2.81. The summed E-state index contributed by atoms with van der Waals surface area (Å²) in [5.41, 5.74) is 0.498. The van der Waals surface area contributed by atoms with Crippen LogP contribution >= 0.6 is 11.6 Å². The number of halogens is 1. The fourth-order valence-electron chi connectivity index (χ4n) is 2.22. The second kappa shape index (κ2) is 6.05. The van der Waals surface area contributed by atoms with Crippen molar-refractivity contribution in [3.63, 3.8) is 0 Å². The van der Waals surface area contributed by atoms with Crippen LogP contribution in [0.2, 0.25) is 5.15 Å². The molecule has 1 N–H and O–H groups in total. The van der Waals surface area contributed by atoms with Gasteiger partial charge >= 0.3 is 0 Å². The maximum atomic E-state index is 12.1. The number of hydrogen-bond acceptors (Lipinski definition) is 3. The average Bonchev–Trinajstić information content (AvgIpc) is 2.39. The monoisotopic (exact) mass is 268 g/mol. The van der Waals surface area contributed by atoms with Crippen LogP contribution in [0.3, 0.4) is 0 Å². The van der Waals surface area contributed by atoms with E-state index in [2.05, 4.69) is 10.3 Å². The maximum Gasteiger partial charge on any atom is 0.251 e. The van der Waals surface area contributed by atoms with E-state index < -0.39 is 0 Å². The van der Waals surface area contributed by atoms with Gasteiger partial charge in [-0.1, -0.05) is 30.9 Å². The van der Waals surface area contributed by atoms with E-state index in [0.29, 0.717) is 11.4 Å². The first kappa shape index (κ1) is 13.1. The van der Waals surface area contributed by atoms with Crippen LogP contribution in [-0.2, 0) is 0 Å². The van der Waals surface area contributed by atoms with Crippen LogP contribution in [0.15, 0.2) is 12.1 Å². The number of carbonyl (C=O) groups is 1. The van der Waals surface area contributed by atoms with Crippen molar-refractivity contribution < 1.29 is 9.53 Å². The van der Waals surface area contributed by atoms with Crippen molar-refractivity contribution in [3.05, 3.63) is 22.8 Å².